The number of nitrogens with one attached hydrogen (secondary N) is 1. The van der Waals surface area contributed by atoms with Crippen LogP contribution in [0.3, 0.4) is 0 Å². The van der Waals surface area contributed by atoms with Crippen molar-refractivity contribution in [3.8, 4) is 0 Å². The van der Waals surface area contributed by atoms with Crippen molar-refractivity contribution in [3.63, 3.8) is 0 Å². The Morgan fingerprint density at radius 3 is 2.65 bits per heavy atom. The van der Waals surface area contributed by atoms with E-state index < -0.39 is 0 Å². The second-order valence-corrected chi connectivity index (χ2v) is 6.47. The van der Waals surface area contributed by atoms with Gasteiger partial charge in [-0.05, 0) is 43.4 Å². The number of likely N-dealkylation sites (tertiary alicyclic amines) is 1. The number of hydrogen-bond donors (Lipinski definition) is 1. The summed E-state index contributed by atoms with van der Waals surface area (Å²) in [6.07, 6.45) is 2.34. The van der Waals surface area contributed by atoms with Gasteiger partial charge in [-0.25, -0.2) is 4.79 Å². The highest BCUT2D eigenvalue weighted by Gasteiger charge is 2.29. The number of amides is 3. The summed E-state index contributed by atoms with van der Waals surface area (Å²) in [5.74, 6) is 0.0254. The lowest BCUT2D eigenvalue weighted by molar-refractivity contribution is -0.128. The summed E-state index contributed by atoms with van der Waals surface area (Å²) < 4.78 is 0. The molecule has 0 aromatic heterocycles. The van der Waals surface area contributed by atoms with Crippen molar-refractivity contribution in [2.24, 2.45) is 0 Å². The molecule has 1 saturated heterocycles. The average Bonchev–Trinajstić information content (AvgIpc) is 2.99. The van der Waals surface area contributed by atoms with Crippen molar-refractivity contribution in [3.05, 3.63) is 34.9 Å². The Morgan fingerprint density at radius 1 is 1.26 bits per heavy atom. The van der Waals surface area contributed by atoms with Gasteiger partial charge < -0.3 is 15.1 Å². The van der Waals surface area contributed by atoms with Crippen LogP contribution in [0.1, 0.15) is 42.0 Å². The molecule has 0 aliphatic carbocycles. The monoisotopic (exact) mass is 317 g/mol. The van der Waals surface area contributed by atoms with E-state index in [4.69, 9.17) is 0 Å². The van der Waals surface area contributed by atoms with E-state index in [1.54, 1.807) is 19.0 Å². The second-order valence-electron chi connectivity index (χ2n) is 6.47. The van der Waals surface area contributed by atoms with E-state index in [-0.39, 0.29) is 18.0 Å². The molecule has 1 atom stereocenters. The molecule has 1 N–H and O–H groups in total. The zero-order valence-corrected chi connectivity index (χ0v) is 14.6. The first-order valence-electron chi connectivity index (χ1n) is 8.22. The highest BCUT2D eigenvalue weighted by molar-refractivity contribution is 5.78. The Morgan fingerprint density at radius 2 is 2.00 bits per heavy atom. The van der Waals surface area contributed by atoms with E-state index >= 15 is 0 Å². The third-order valence-corrected chi connectivity index (χ3v) is 4.54. The summed E-state index contributed by atoms with van der Waals surface area (Å²) >= 11 is 0. The lowest BCUT2D eigenvalue weighted by Crippen LogP contribution is -2.40. The standard InChI is InChI=1S/C18H27N3O2/c1-13-7-8-15(12-14(13)2)16-6-5-11-21(16)18(23)19-10-9-17(22)20(3)4/h7-8,12,16H,5-6,9-11H2,1-4H3,(H,19,23)/t16-/m0/s1. The fourth-order valence-corrected chi connectivity index (χ4v) is 2.93. The van der Waals surface area contributed by atoms with Crippen LogP contribution in [0.25, 0.3) is 0 Å². The second kappa shape index (κ2) is 7.49. The van der Waals surface area contributed by atoms with Gasteiger partial charge in [0.2, 0.25) is 5.91 Å². The van der Waals surface area contributed by atoms with Crippen LogP contribution in [-0.2, 0) is 4.79 Å². The Balaban J connectivity index is 1.96. The summed E-state index contributed by atoms with van der Waals surface area (Å²) in [5.41, 5.74) is 3.72. The minimum absolute atomic E-state index is 0.0254. The van der Waals surface area contributed by atoms with Crippen LogP contribution in [0.2, 0.25) is 0 Å². The Kier molecular flexibility index (Phi) is 5.64. The van der Waals surface area contributed by atoms with Crippen LogP contribution in [0.5, 0.6) is 0 Å². The van der Waals surface area contributed by atoms with E-state index in [1.807, 2.05) is 4.90 Å². The van der Waals surface area contributed by atoms with Gasteiger partial charge >= 0.3 is 6.03 Å². The zero-order chi connectivity index (χ0) is 17.0. The van der Waals surface area contributed by atoms with Crippen LogP contribution in [-0.4, -0.2) is 48.9 Å². The zero-order valence-electron chi connectivity index (χ0n) is 14.6. The summed E-state index contributed by atoms with van der Waals surface area (Å²) in [5, 5.41) is 2.88. The van der Waals surface area contributed by atoms with Crippen molar-refractivity contribution in [1.29, 1.82) is 0 Å². The maximum Gasteiger partial charge on any atom is 0.317 e. The molecule has 0 unspecified atom stereocenters. The lowest BCUT2D eigenvalue weighted by Gasteiger charge is -2.26. The molecule has 1 heterocycles. The van der Waals surface area contributed by atoms with Crippen molar-refractivity contribution >= 4 is 11.9 Å². The van der Waals surface area contributed by atoms with Gasteiger partial charge in [-0.15, -0.1) is 0 Å². The van der Waals surface area contributed by atoms with Crippen LogP contribution in [0, 0.1) is 13.8 Å². The average molecular weight is 317 g/mol. The van der Waals surface area contributed by atoms with Crippen molar-refractivity contribution < 1.29 is 9.59 Å². The number of carbonyl (C=O) groups excluding carboxylic acids is 2. The Hall–Kier alpha value is -2.04. The van der Waals surface area contributed by atoms with Gasteiger partial charge in [-0.3, -0.25) is 4.79 Å². The van der Waals surface area contributed by atoms with Crippen LogP contribution in [0.4, 0.5) is 4.79 Å². The van der Waals surface area contributed by atoms with E-state index in [0.717, 1.165) is 19.4 Å². The van der Waals surface area contributed by atoms with E-state index in [2.05, 4.69) is 37.4 Å². The van der Waals surface area contributed by atoms with E-state index in [0.29, 0.717) is 13.0 Å². The molecule has 1 aliphatic heterocycles. The number of hydrogen-bond acceptors (Lipinski definition) is 2. The molecule has 2 rings (SSSR count). The first-order valence-corrected chi connectivity index (χ1v) is 8.22. The predicted molar refractivity (Wildman–Crippen MR) is 91.3 cm³/mol. The molecule has 1 aliphatic rings. The fourth-order valence-electron chi connectivity index (χ4n) is 2.93. The number of aryl methyl sites for hydroxylation is 2. The summed E-state index contributed by atoms with van der Waals surface area (Å²) in [4.78, 5) is 27.4. The molecule has 0 saturated carbocycles. The molecule has 5 heteroatoms. The summed E-state index contributed by atoms with van der Waals surface area (Å²) in [6, 6.07) is 6.49. The maximum absolute atomic E-state index is 12.4. The topological polar surface area (TPSA) is 52.7 Å². The minimum Gasteiger partial charge on any atom is -0.349 e. The molecule has 1 fully saturated rings. The first kappa shape index (κ1) is 17.3. The van der Waals surface area contributed by atoms with Crippen LogP contribution in [0.15, 0.2) is 18.2 Å². The Bertz CT molecular complexity index is 584. The molecular formula is C18H27N3O2. The summed E-state index contributed by atoms with van der Waals surface area (Å²) in [6.45, 7) is 5.35. The number of urea groups is 1. The van der Waals surface area contributed by atoms with Crippen molar-refractivity contribution in [2.45, 2.75) is 39.2 Å². The quantitative estimate of drug-likeness (QED) is 0.928. The van der Waals surface area contributed by atoms with Gasteiger partial charge in [0, 0.05) is 33.6 Å². The number of nitrogens with zero attached hydrogens (tertiary/aromatic N) is 2. The van der Waals surface area contributed by atoms with Gasteiger partial charge in [0.15, 0.2) is 0 Å². The molecule has 0 spiro atoms. The third-order valence-electron chi connectivity index (χ3n) is 4.54. The molecule has 0 bridgehead atoms. The molecule has 0 radical (unpaired) electrons. The smallest absolute Gasteiger partial charge is 0.317 e. The molecule has 23 heavy (non-hydrogen) atoms. The molecule has 1 aromatic carbocycles. The maximum atomic E-state index is 12.4. The minimum atomic E-state index is -0.0720. The molecular weight excluding hydrogens is 290 g/mol. The van der Waals surface area contributed by atoms with Crippen molar-refractivity contribution in [1.82, 2.24) is 15.1 Å². The number of rotatable bonds is 4. The number of carbonyl (C=O) groups is 2. The number of benzene rings is 1. The van der Waals surface area contributed by atoms with Gasteiger partial charge in [0.05, 0.1) is 6.04 Å². The lowest BCUT2D eigenvalue weighted by atomic mass is 9.99. The van der Waals surface area contributed by atoms with Gasteiger partial charge in [-0.1, -0.05) is 18.2 Å². The Labute approximate surface area is 138 Å². The van der Waals surface area contributed by atoms with E-state index in [9.17, 15) is 9.59 Å². The van der Waals surface area contributed by atoms with Gasteiger partial charge in [0.25, 0.3) is 0 Å². The normalized spacial score (nSPS) is 17.2. The third kappa shape index (κ3) is 4.24. The van der Waals surface area contributed by atoms with Gasteiger partial charge in [-0.2, -0.15) is 0 Å². The largest absolute Gasteiger partial charge is 0.349 e. The molecule has 1 aromatic rings. The first-order chi connectivity index (χ1) is 10.9. The van der Waals surface area contributed by atoms with E-state index in [1.165, 1.54) is 16.7 Å². The molecule has 126 valence electrons. The van der Waals surface area contributed by atoms with Crippen LogP contribution < -0.4 is 5.32 Å². The molecule has 3 amide bonds. The van der Waals surface area contributed by atoms with Crippen LogP contribution >= 0.6 is 0 Å². The summed E-state index contributed by atoms with van der Waals surface area (Å²) in [7, 11) is 3.45. The predicted octanol–water partition coefficient (Wildman–Crippen LogP) is 2.63. The van der Waals surface area contributed by atoms with Crippen molar-refractivity contribution in [2.75, 3.05) is 27.2 Å². The molecule has 5 nitrogen and oxygen atoms in total. The van der Waals surface area contributed by atoms with Gasteiger partial charge in [0.1, 0.15) is 0 Å². The highest BCUT2D eigenvalue weighted by Crippen LogP contribution is 2.32. The fraction of sp³-hybridized carbons (Fsp3) is 0.556. The SMILES string of the molecule is Cc1ccc([C@@H]2CCCN2C(=O)NCCC(=O)N(C)C)cc1C. The highest BCUT2D eigenvalue weighted by atomic mass is 16.2.